The highest BCUT2D eigenvalue weighted by Crippen LogP contribution is 2.23. The highest BCUT2D eigenvalue weighted by Gasteiger charge is 2.12. The highest BCUT2D eigenvalue weighted by molar-refractivity contribution is 6.31. The number of carboxylic acid groups (broad SMARTS) is 1. The number of carboxylic acids is 1. The average molecular weight is 266 g/mol. The SMILES string of the molecule is O=C(O)CCCC(=O)c1c[nH]c2ccc(Cl)cc12. The Morgan fingerprint density at radius 1 is 1.28 bits per heavy atom. The van der Waals surface area contributed by atoms with Crippen LogP contribution in [0.15, 0.2) is 24.4 Å². The number of benzene rings is 1. The van der Waals surface area contributed by atoms with Crippen LogP contribution in [0.2, 0.25) is 5.02 Å². The Morgan fingerprint density at radius 3 is 2.78 bits per heavy atom. The molecule has 0 aliphatic rings. The van der Waals surface area contributed by atoms with Gasteiger partial charge < -0.3 is 10.1 Å². The zero-order valence-corrected chi connectivity index (χ0v) is 10.3. The summed E-state index contributed by atoms with van der Waals surface area (Å²) in [6.45, 7) is 0. The van der Waals surface area contributed by atoms with E-state index < -0.39 is 5.97 Å². The van der Waals surface area contributed by atoms with Gasteiger partial charge in [-0.3, -0.25) is 9.59 Å². The van der Waals surface area contributed by atoms with Crippen LogP contribution in [-0.4, -0.2) is 21.8 Å². The van der Waals surface area contributed by atoms with Gasteiger partial charge in [-0.25, -0.2) is 0 Å². The van der Waals surface area contributed by atoms with E-state index in [9.17, 15) is 9.59 Å². The van der Waals surface area contributed by atoms with Crippen molar-refractivity contribution in [2.24, 2.45) is 0 Å². The molecule has 2 N–H and O–H groups in total. The van der Waals surface area contributed by atoms with Crippen LogP contribution in [0.5, 0.6) is 0 Å². The molecular formula is C13H12ClNO3. The maximum absolute atomic E-state index is 12.0. The largest absolute Gasteiger partial charge is 0.481 e. The van der Waals surface area contributed by atoms with Gasteiger partial charge in [0.15, 0.2) is 5.78 Å². The molecule has 1 aromatic carbocycles. The molecule has 0 unspecified atom stereocenters. The lowest BCUT2D eigenvalue weighted by atomic mass is 10.0. The number of hydrogen-bond acceptors (Lipinski definition) is 2. The Kier molecular flexibility index (Phi) is 3.67. The number of aromatic nitrogens is 1. The van der Waals surface area contributed by atoms with Crippen LogP contribution < -0.4 is 0 Å². The quantitative estimate of drug-likeness (QED) is 0.815. The number of carbonyl (C=O) groups excluding carboxylic acids is 1. The van der Waals surface area contributed by atoms with Crippen molar-refractivity contribution in [3.8, 4) is 0 Å². The van der Waals surface area contributed by atoms with Crippen molar-refractivity contribution < 1.29 is 14.7 Å². The topological polar surface area (TPSA) is 70.2 Å². The molecule has 94 valence electrons. The van der Waals surface area contributed by atoms with E-state index in [2.05, 4.69) is 4.98 Å². The molecule has 4 nitrogen and oxygen atoms in total. The third kappa shape index (κ3) is 2.71. The average Bonchev–Trinajstić information content (AvgIpc) is 2.71. The van der Waals surface area contributed by atoms with Gasteiger partial charge in [0, 0.05) is 40.5 Å². The van der Waals surface area contributed by atoms with Crippen molar-refractivity contribution in [1.82, 2.24) is 4.98 Å². The van der Waals surface area contributed by atoms with Gasteiger partial charge >= 0.3 is 5.97 Å². The molecule has 0 saturated heterocycles. The molecule has 0 spiro atoms. The molecular weight excluding hydrogens is 254 g/mol. The van der Waals surface area contributed by atoms with Crippen molar-refractivity contribution in [1.29, 1.82) is 0 Å². The van der Waals surface area contributed by atoms with Crippen molar-refractivity contribution in [3.05, 3.63) is 35.0 Å². The Hall–Kier alpha value is -1.81. The van der Waals surface area contributed by atoms with Gasteiger partial charge in [0.2, 0.25) is 0 Å². The number of aromatic amines is 1. The second-order valence-corrected chi connectivity index (χ2v) is 4.50. The number of ketones is 1. The second-order valence-electron chi connectivity index (χ2n) is 4.06. The molecule has 0 bridgehead atoms. The van der Waals surface area contributed by atoms with Gasteiger partial charge in [-0.05, 0) is 24.6 Å². The molecule has 0 aliphatic heterocycles. The first-order valence-corrected chi connectivity index (χ1v) is 5.97. The first-order chi connectivity index (χ1) is 8.58. The number of Topliss-reactive ketones (excluding diaryl/α,β-unsaturated/α-hetero) is 1. The summed E-state index contributed by atoms with van der Waals surface area (Å²) in [6, 6.07) is 5.29. The van der Waals surface area contributed by atoms with E-state index in [1.54, 1.807) is 18.3 Å². The first-order valence-electron chi connectivity index (χ1n) is 5.59. The Morgan fingerprint density at radius 2 is 2.06 bits per heavy atom. The van der Waals surface area contributed by atoms with Crippen molar-refractivity contribution in [3.63, 3.8) is 0 Å². The molecule has 0 radical (unpaired) electrons. The summed E-state index contributed by atoms with van der Waals surface area (Å²) in [5.41, 5.74) is 1.42. The van der Waals surface area contributed by atoms with Gasteiger partial charge in [0.25, 0.3) is 0 Å². The maximum Gasteiger partial charge on any atom is 0.303 e. The van der Waals surface area contributed by atoms with Crippen LogP contribution in [0.4, 0.5) is 0 Å². The van der Waals surface area contributed by atoms with Gasteiger partial charge in [0.1, 0.15) is 0 Å². The van der Waals surface area contributed by atoms with E-state index in [0.29, 0.717) is 17.0 Å². The Labute approximate surface area is 109 Å². The molecule has 2 aromatic rings. The van der Waals surface area contributed by atoms with E-state index in [0.717, 1.165) is 10.9 Å². The van der Waals surface area contributed by atoms with Crippen molar-refractivity contribution in [2.45, 2.75) is 19.3 Å². The zero-order chi connectivity index (χ0) is 13.1. The minimum atomic E-state index is -0.884. The molecule has 0 aliphatic carbocycles. The Bertz CT molecular complexity index is 603. The third-order valence-corrected chi connectivity index (χ3v) is 2.97. The van der Waals surface area contributed by atoms with Crippen molar-refractivity contribution >= 4 is 34.3 Å². The van der Waals surface area contributed by atoms with Crippen LogP contribution in [0.1, 0.15) is 29.6 Å². The van der Waals surface area contributed by atoms with Crippen LogP contribution in [0.25, 0.3) is 10.9 Å². The van der Waals surface area contributed by atoms with Gasteiger partial charge in [-0.1, -0.05) is 11.6 Å². The summed E-state index contributed by atoms with van der Waals surface area (Å²) in [6.07, 6.45) is 2.23. The fourth-order valence-electron chi connectivity index (χ4n) is 1.86. The minimum absolute atomic E-state index is 0.00878. The normalized spacial score (nSPS) is 10.7. The molecule has 1 heterocycles. The molecule has 18 heavy (non-hydrogen) atoms. The predicted molar refractivity (Wildman–Crippen MR) is 69.1 cm³/mol. The number of hydrogen-bond donors (Lipinski definition) is 2. The van der Waals surface area contributed by atoms with Crippen LogP contribution in [0, 0.1) is 0 Å². The summed E-state index contributed by atoms with van der Waals surface area (Å²) < 4.78 is 0. The van der Waals surface area contributed by atoms with Gasteiger partial charge in [-0.2, -0.15) is 0 Å². The lowest BCUT2D eigenvalue weighted by Gasteiger charge is -1.98. The van der Waals surface area contributed by atoms with Gasteiger partial charge in [0.05, 0.1) is 0 Å². The molecule has 0 fully saturated rings. The van der Waals surface area contributed by atoms with E-state index in [4.69, 9.17) is 16.7 Å². The number of H-pyrrole nitrogens is 1. The number of aliphatic carboxylic acids is 1. The van der Waals surface area contributed by atoms with E-state index in [1.807, 2.05) is 6.07 Å². The first kappa shape index (κ1) is 12.6. The molecule has 0 amide bonds. The lowest BCUT2D eigenvalue weighted by molar-refractivity contribution is -0.137. The third-order valence-electron chi connectivity index (χ3n) is 2.74. The van der Waals surface area contributed by atoms with Gasteiger partial charge in [-0.15, -0.1) is 0 Å². The smallest absolute Gasteiger partial charge is 0.303 e. The minimum Gasteiger partial charge on any atom is -0.481 e. The summed E-state index contributed by atoms with van der Waals surface area (Å²) in [5, 5.41) is 9.88. The summed E-state index contributed by atoms with van der Waals surface area (Å²) in [7, 11) is 0. The molecule has 0 atom stereocenters. The summed E-state index contributed by atoms with van der Waals surface area (Å²) in [4.78, 5) is 25.3. The predicted octanol–water partition coefficient (Wildman–Crippen LogP) is 3.26. The summed E-state index contributed by atoms with van der Waals surface area (Å²) >= 11 is 5.90. The lowest BCUT2D eigenvalue weighted by Crippen LogP contribution is -2.01. The van der Waals surface area contributed by atoms with E-state index >= 15 is 0 Å². The number of fused-ring (bicyclic) bond motifs is 1. The summed E-state index contributed by atoms with van der Waals surface area (Å²) in [5.74, 6) is -0.950. The maximum atomic E-state index is 12.0. The molecule has 5 heteroatoms. The zero-order valence-electron chi connectivity index (χ0n) is 9.57. The number of rotatable bonds is 5. The molecule has 2 rings (SSSR count). The van der Waals surface area contributed by atoms with Crippen molar-refractivity contribution in [2.75, 3.05) is 0 Å². The van der Waals surface area contributed by atoms with Crippen LogP contribution in [0.3, 0.4) is 0 Å². The molecule has 0 saturated carbocycles. The highest BCUT2D eigenvalue weighted by atomic mass is 35.5. The monoisotopic (exact) mass is 265 g/mol. The Balaban J connectivity index is 2.17. The van der Waals surface area contributed by atoms with E-state index in [-0.39, 0.29) is 18.6 Å². The fraction of sp³-hybridized carbons (Fsp3) is 0.231. The second kappa shape index (κ2) is 5.23. The van der Waals surface area contributed by atoms with Crippen LogP contribution in [-0.2, 0) is 4.79 Å². The van der Waals surface area contributed by atoms with Crippen LogP contribution >= 0.6 is 11.6 Å². The number of nitrogens with one attached hydrogen (secondary N) is 1. The van der Waals surface area contributed by atoms with E-state index in [1.165, 1.54) is 0 Å². The number of carbonyl (C=O) groups is 2. The number of halogens is 1. The standard InChI is InChI=1S/C13H12ClNO3/c14-8-4-5-11-9(6-8)10(7-15-11)12(16)2-1-3-13(17)18/h4-7,15H,1-3H2,(H,17,18). The molecule has 1 aromatic heterocycles. The fourth-order valence-corrected chi connectivity index (χ4v) is 2.03.